The van der Waals surface area contributed by atoms with Crippen LogP contribution in [0.3, 0.4) is 0 Å². The van der Waals surface area contributed by atoms with Crippen LogP contribution in [-0.4, -0.2) is 60.9 Å². The first-order valence-corrected chi connectivity index (χ1v) is 12.9. The van der Waals surface area contributed by atoms with Crippen molar-refractivity contribution in [1.82, 2.24) is 14.9 Å². The number of nitrogens with zero attached hydrogens (tertiary/aromatic N) is 3. The second-order valence-electron chi connectivity index (χ2n) is 9.48. The lowest BCUT2D eigenvalue weighted by molar-refractivity contribution is 0.0260. The molecule has 7 nitrogen and oxygen atoms in total. The van der Waals surface area contributed by atoms with E-state index in [4.69, 9.17) is 30.5 Å². The summed E-state index contributed by atoms with van der Waals surface area (Å²) in [7, 11) is 2.17. The molecule has 192 valence electrons. The third kappa shape index (κ3) is 6.17. The van der Waals surface area contributed by atoms with Gasteiger partial charge in [-0.05, 0) is 63.5 Å². The number of piperidine rings is 1. The van der Waals surface area contributed by atoms with E-state index in [1.807, 2.05) is 12.1 Å². The Morgan fingerprint density at radius 1 is 1.06 bits per heavy atom. The van der Waals surface area contributed by atoms with Gasteiger partial charge < -0.3 is 23.8 Å². The van der Waals surface area contributed by atoms with Gasteiger partial charge in [0.25, 0.3) is 0 Å². The predicted molar refractivity (Wildman–Crippen MR) is 136 cm³/mol. The predicted octanol–water partition coefficient (Wildman–Crippen LogP) is 5.88. The Bertz CT molecular complexity index is 1180. The van der Waals surface area contributed by atoms with Crippen LogP contribution in [0.2, 0.25) is 5.02 Å². The van der Waals surface area contributed by atoms with Crippen LogP contribution >= 0.6 is 11.6 Å². The molecule has 2 aliphatic heterocycles. The standard InChI is InChI=1S/C27H31ClFN3O4/c1-32-9-4-18(5-10-32)6-13-34-21-15-23-26(25(16-21)35-20-7-11-33-12-8-20)27(31-17-30-23)36-24-3-2-19(29)14-22(24)28/h2-3,14-18,20H,4-13H2,1H3. The lowest BCUT2D eigenvalue weighted by Crippen LogP contribution is -2.30. The Morgan fingerprint density at radius 2 is 1.86 bits per heavy atom. The summed E-state index contributed by atoms with van der Waals surface area (Å²) in [5.74, 6) is 2.11. The first-order valence-electron chi connectivity index (χ1n) is 12.5. The summed E-state index contributed by atoms with van der Waals surface area (Å²) in [6.07, 6.45) is 6.43. The molecule has 2 aliphatic rings. The Kier molecular flexibility index (Phi) is 8.04. The number of aromatic nitrogens is 2. The highest BCUT2D eigenvalue weighted by atomic mass is 35.5. The lowest BCUT2D eigenvalue weighted by atomic mass is 9.94. The van der Waals surface area contributed by atoms with Crippen molar-refractivity contribution in [3.8, 4) is 23.1 Å². The molecule has 3 heterocycles. The molecule has 0 unspecified atom stereocenters. The monoisotopic (exact) mass is 515 g/mol. The zero-order valence-corrected chi connectivity index (χ0v) is 21.2. The minimum Gasteiger partial charge on any atom is -0.493 e. The maximum Gasteiger partial charge on any atom is 0.234 e. The maximum atomic E-state index is 13.5. The van der Waals surface area contributed by atoms with Crippen LogP contribution in [0.15, 0.2) is 36.7 Å². The van der Waals surface area contributed by atoms with Crippen molar-refractivity contribution in [3.05, 3.63) is 47.5 Å². The highest BCUT2D eigenvalue weighted by molar-refractivity contribution is 6.32. The normalized spacial score (nSPS) is 17.9. The fraction of sp³-hybridized carbons (Fsp3) is 0.481. The molecule has 0 saturated carbocycles. The van der Waals surface area contributed by atoms with Crippen LogP contribution in [0, 0.1) is 11.7 Å². The molecule has 5 rings (SSSR count). The smallest absolute Gasteiger partial charge is 0.234 e. The van der Waals surface area contributed by atoms with E-state index in [2.05, 4.69) is 21.9 Å². The Hall–Kier alpha value is -2.68. The van der Waals surface area contributed by atoms with Crippen LogP contribution in [0.5, 0.6) is 23.1 Å². The summed E-state index contributed by atoms with van der Waals surface area (Å²) in [5, 5.41) is 0.773. The molecule has 2 aromatic carbocycles. The van der Waals surface area contributed by atoms with E-state index in [1.54, 1.807) is 0 Å². The number of halogens is 2. The maximum absolute atomic E-state index is 13.5. The first kappa shape index (κ1) is 25.0. The fourth-order valence-electron chi connectivity index (χ4n) is 4.68. The van der Waals surface area contributed by atoms with Crippen molar-refractivity contribution in [2.75, 3.05) is 40.0 Å². The molecule has 2 fully saturated rings. The fourth-order valence-corrected chi connectivity index (χ4v) is 4.89. The average molecular weight is 516 g/mol. The summed E-state index contributed by atoms with van der Waals surface area (Å²) in [6.45, 7) is 4.22. The molecule has 2 saturated heterocycles. The highest BCUT2D eigenvalue weighted by Gasteiger charge is 2.22. The molecule has 0 spiro atoms. The number of ether oxygens (including phenoxy) is 4. The Labute approximate surface area is 215 Å². The van der Waals surface area contributed by atoms with E-state index < -0.39 is 5.82 Å². The minimum absolute atomic E-state index is 0.00102. The third-order valence-corrected chi connectivity index (χ3v) is 7.13. The molecule has 1 aromatic heterocycles. The van der Waals surface area contributed by atoms with E-state index in [1.165, 1.54) is 37.4 Å². The van der Waals surface area contributed by atoms with Crippen LogP contribution in [0.4, 0.5) is 4.39 Å². The van der Waals surface area contributed by atoms with Crippen LogP contribution in [-0.2, 0) is 4.74 Å². The number of hydrogen-bond acceptors (Lipinski definition) is 7. The second-order valence-corrected chi connectivity index (χ2v) is 9.89. The number of hydrogen-bond donors (Lipinski definition) is 0. The highest BCUT2D eigenvalue weighted by Crippen LogP contribution is 2.40. The Balaban J connectivity index is 1.41. The molecule has 36 heavy (non-hydrogen) atoms. The van der Waals surface area contributed by atoms with E-state index in [-0.39, 0.29) is 17.0 Å². The molecule has 0 aliphatic carbocycles. The van der Waals surface area contributed by atoms with Gasteiger partial charge in [-0.2, -0.15) is 0 Å². The molecule has 0 bridgehead atoms. The molecule has 9 heteroatoms. The topological polar surface area (TPSA) is 65.9 Å². The largest absolute Gasteiger partial charge is 0.493 e. The molecule has 0 amide bonds. The van der Waals surface area contributed by atoms with E-state index in [0.29, 0.717) is 53.9 Å². The van der Waals surface area contributed by atoms with Crippen molar-refractivity contribution in [3.63, 3.8) is 0 Å². The number of benzene rings is 2. The molecule has 3 aromatic rings. The van der Waals surface area contributed by atoms with E-state index in [9.17, 15) is 4.39 Å². The van der Waals surface area contributed by atoms with Crippen molar-refractivity contribution < 1.29 is 23.3 Å². The molecular weight excluding hydrogens is 485 g/mol. The summed E-state index contributed by atoms with van der Waals surface area (Å²) in [5.41, 5.74) is 0.636. The van der Waals surface area contributed by atoms with Gasteiger partial charge in [-0.1, -0.05) is 11.6 Å². The first-order chi connectivity index (χ1) is 17.5. The van der Waals surface area contributed by atoms with E-state index in [0.717, 1.165) is 32.4 Å². The number of rotatable bonds is 8. The number of fused-ring (bicyclic) bond motifs is 1. The van der Waals surface area contributed by atoms with Crippen LogP contribution in [0.25, 0.3) is 10.9 Å². The average Bonchev–Trinajstić information content (AvgIpc) is 2.87. The summed E-state index contributed by atoms with van der Waals surface area (Å²) < 4.78 is 37.6. The van der Waals surface area contributed by atoms with Crippen LogP contribution in [0.1, 0.15) is 32.1 Å². The van der Waals surface area contributed by atoms with Gasteiger partial charge in [-0.3, -0.25) is 0 Å². The van der Waals surface area contributed by atoms with Gasteiger partial charge in [0, 0.05) is 25.0 Å². The third-order valence-electron chi connectivity index (χ3n) is 6.84. The van der Waals surface area contributed by atoms with Crippen molar-refractivity contribution in [1.29, 1.82) is 0 Å². The molecule has 0 radical (unpaired) electrons. The van der Waals surface area contributed by atoms with Crippen molar-refractivity contribution in [2.45, 2.75) is 38.2 Å². The summed E-state index contributed by atoms with van der Waals surface area (Å²) in [4.78, 5) is 11.2. The minimum atomic E-state index is -0.439. The zero-order valence-electron chi connectivity index (χ0n) is 20.4. The molecule has 0 atom stereocenters. The summed E-state index contributed by atoms with van der Waals surface area (Å²) >= 11 is 6.20. The zero-order chi connectivity index (χ0) is 24.9. The molecular formula is C27H31ClFN3O4. The van der Waals surface area contributed by atoms with Gasteiger partial charge in [0.05, 0.1) is 30.4 Å². The number of likely N-dealkylation sites (tertiary alicyclic amines) is 1. The van der Waals surface area contributed by atoms with Gasteiger partial charge in [0.15, 0.2) is 0 Å². The SMILES string of the molecule is CN1CCC(CCOc2cc(OC3CCOCC3)c3c(Oc4ccc(F)cc4Cl)ncnc3c2)CC1. The summed E-state index contributed by atoms with van der Waals surface area (Å²) in [6, 6.07) is 7.73. The lowest BCUT2D eigenvalue weighted by Gasteiger charge is -2.28. The van der Waals surface area contributed by atoms with Crippen molar-refractivity contribution >= 4 is 22.5 Å². The quantitative estimate of drug-likeness (QED) is 0.371. The molecule has 0 N–H and O–H groups in total. The van der Waals surface area contributed by atoms with Crippen molar-refractivity contribution in [2.24, 2.45) is 5.92 Å². The van der Waals surface area contributed by atoms with Gasteiger partial charge >= 0.3 is 0 Å². The van der Waals surface area contributed by atoms with Crippen LogP contribution < -0.4 is 14.2 Å². The van der Waals surface area contributed by atoms with Gasteiger partial charge in [-0.15, -0.1) is 0 Å². The Morgan fingerprint density at radius 3 is 2.64 bits per heavy atom. The van der Waals surface area contributed by atoms with Gasteiger partial charge in [-0.25, -0.2) is 14.4 Å². The van der Waals surface area contributed by atoms with Gasteiger partial charge in [0.2, 0.25) is 5.88 Å². The van der Waals surface area contributed by atoms with E-state index >= 15 is 0 Å². The van der Waals surface area contributed by atoms with Gasteiger partial charge in [0.1, 0.15) is 40.9 Å². The second kappa shape index (κ2) is 11.6.